The number of rotatable bonds is 27. The molecule has 0 bridgehead atoms. The Labute approximate surface area is 233 Å². The Bertz CT molecular complexity index is 664. The quantitative estimate of drug-likeness (QED) is 0.0280. The van der Waals surface area contributed by atoms with E-state index in [1.807, 2.05) is 27.2 Å². The van der Waals surface area contributed by atoms with Gasteiger partial charge >= 0.3 is 13.8 Å². The van der Waals surface area contributed by atoms with Crippen LogP contribution in [0.5, 0.6) is 0 Å². The molecule has 0 aliphatic rings. The number of esters is 1. The Morgan fingerprint density at radius 2 is 1.39 bits per heavy atom. The maximum Gasteiger partial charge on any atom is 0.472 e. The molecule has 0 radical (unpaired) electrons. The van der Waals surface area contributed by atoms with E-state index in [9.17, 15) is 14.3 Å². The van der Waals surface area contributed by atoms with Crippen LogP contribution in [0.2, 0.25) is 0 Å². The van der Waals surface area contributed by atoms with Gasteiger partial charge in [0.2, 0.25) is 0 Å². The highest BCUT2D eigenvalue weighted by molar-refractivity contribution is 7.47. The van der Waals surface area contributed by atoms with E-state index in [0.29, 0.717) is 11.0 Å². The zero-order chi connectivity index (χ0) is 28.5. The van der Waals surface area contributed by atoms with Crippen LogP contribution in [0.15, 0.2) is 25.0 Å². The average molecular weight is 563 g/mol. The second-order valence-electron chi connectivity index (χ2n) is 11.0. The van der Waals surface area contributed by atoms with Crippen molar-refractivity contribution in [3.63, 3.8) is 0 Å². The van der Waals surface area contributed by atoms with Crippen LogP contribution in [-0.2, 0) is 27.9 Å². The van der Waals surface area contributed by atoms with Crippen LogP contribution >= 0.6 is 7.82 Å². The highest BCUT2D eigenvalue weighted by Crippen LogP contribution is 2.43. The second-order valence-corrected chi connectivity index (χ2v) is 12.4. The van der Waals surface area contributed by atoms with Crippen LogP contribution in [0.3, 0.4) is 0 Å². The zero-order valence-electron chi connectivity index (χ0n) is 24.7. The molecule has 0 aromatic carbocycles. The van der Waals surface area contributed by atoms with E-state index in [0.717, 1.165) is 18.9 Å². The molecule has 0 aromatic rings. The average Bonchev–Trinajstić information content (AvgIpc) is 2.85. The fourth-order valence-electron chi connectivity index (χ4n) is 3.73. The molecule has 0 spiro atoms. The number of hydrogen-bond acceptors (Lipinski definition) is 6. The molecule has 8 nitrogen and oxygen atoms in total. The van der Waals surface area contributed by atoms with E-state index in [2.05, 4.69) is 13.5 Å². The summed E-state index contributed by atoms with van der Waals surface area (Å²) in [6.45, 7) is 5.90. The Balaban J connectivity index is 3.92. The predicted octanol–water partition coefficient (Wildman–Crippen LogP) is 7.33. The third kappa shape index (κ3) is 26.4. The minimum atomic E-state index is -4.26. The molecule has 0 heterocycles. The van der Waals surface area contributed by atoms with Gasteiger partial charge < -0.3 is 18.9 Å². The Morgan fingerprint density at radius 1 is 0.868 bits per heavy atom. The SMILES string of the molecule is C=CC(=O)O[C@H](CO/C=C\CCCCCCCCCCCCCCCC)COP(=O)(O)OCC[N+](C)(C)C. The summed E-state index contributed by atoms with van der Waals surface area (Å²) in [5, 5.41) is 0. The van der Waals surface area contributed by atoms with Gasteiger partial charge in [-0.15, -0.1) is 0 Å². The van der Waals surface area contributed by atoms with E-state index in [1.165, 1.54) is 83.5 Å². The predicted molar refractivity (Wildman–Crippen MR) is 155 cm³/mol. The van der Waals surface area contributed by atoms with Crippen molar-refractivity contribution in [1.29, 1.82) is 0 Å². The number of nitrogens with zero attached hydrogens (tertiary/aromatic N) is 1. The number of unbranched alkanes of at least 4 members (excludes halogenated alkanes) is 14. The van der Waals surface area contributed by atoms with Gasteiger partial charge in [-0.05, 0) is 18.9 Å². The van der Waals surface area contributed by atoms with E-state index >= 15 is 0 Å². The van der Waals surface area contributed by atoms with Crippen LogP contribution in [0.4, 0.5) is 0 Å². The molecule has 0 aliphatic carbocycles. The fourth-order valence-corrected chi connectivity index (χ4v) is 4.47. The molecule has 2 atom stereocenters. The normalized spacial score (nSPS) is 14.3. The second kappa shape index (κ2) is 23.7. The number of carbonyl (C=O) groups is 1. The maximum atomic E-state index is 12.1. The molecule has 9 heteroatoms. The summed E-state index contributed by atoms with van der Waals surface area (Å²) < 4.78 is 33.3. The summed E-state index contributed by atoms with van der Waals surface area (Å²) in [6, 6.07) is 0. The lowest BCUT2D eigenvalue weighted by molar-refractivity contribution is -0.870. The topological polar surface area (TPSA) is 91.3 Å². The van der Waals surface area contributed by atoms with Crippen molar-refractivity contribution in [2.24, 2.45) is 0 Å². The van der Waals surface area contributed by atoms with Crippen LogP contribution < -0.4 is 0 Å². The first-order valence-corrected chi connectivity index (χ1v) is 16.1. The number of ether oxygens (including phenoxy) is 2. The highest BCUT2D eigenvalue weighted by atomic mass is 31.2. The molecule has 1 unspecified atom stereocenters. The fraction of sp³-hybridized carbons (Fsp3) is 0.828. The van der Waals surface area contributed by atoms with Crippen molar-refractivity contribution < 1.29 is 37.3 Å². The van der Waals surface area contributed by atoms with Crippen LogP contribution in [0.1, 0.15) is 103 Å². The molecule has 1 N–H and O–H groups in total. The van der Waals surface area contributed by atoms with Crippen molar-refractivity contribution in [2.45, 2.75) is 109 Å². The van der Waals surface area contributed by atoms with E-state index in [1.54, 1.807) is 6.26 Å². The third-order valence-corrected chi connectivity index (χ3v) is 7.07. The largest absolute Gasteiger partial charge is 0.498 e. The van der Waals surface area contributed by atoms with Gasteiger partial charge in [-0.3, -0.25) is 9.05 Å². The smallest absolute Gasteiger partial charge is 0.472 e. The molecule has 0 fully saturated rings. The van der Waals surface area contributed by atoms with Gasteiger partial charge in [-0.1, -0.05) is 97.0 Å². The van der Waals surface area contributed by atoms with Crippen LogP contribution in [0.25, 0.3) is 0 Å². The van der Waals surface area contributed by atoms with Gasteiger partial charge in [0.1, 0.15) is 19.8 Å². The molecule has 38 heavy (non-hydrogen) atoms. The van der Waals surface area contributed by atoms with E-state index in [4.69, 9.17) is 18.5 Å². The van der Waals surface area contributed by atoms with Crippen molar-refractivity contribution in [2.75, 3.05) is 47.5 Å². The number of likely N-dealkylation sites (N-methyl/N-ethyl adjacent to an activating group) is 1. The lowest BCUT2D eigenvalue weighted by Crippen LogP contribution is -2.37. The van der Waals surface area contributed by atoms with Crippen molar-refractivity contribution in [3.8, 4) is 0 Å². The van der Waals surface area contributed by atoms with Crippen LogP contribution in [0, 0.1) is 0 Å². The van der Waals surface area contributed by atoms with Crippen molar-refractivity contribution in [1.82, 2.24) is 0 Å². The van der Waals surface area contributed by atoms with Crippen molar-refractivity contribution in [3.05, 3.63) is 25.0 Å². The third-order valence-electron chi connectivity index (χ3n) is 6.09. The van der Waals surface area contributed by atoms with Gasteiger partial charge in [0.25, 0.3) is 0 Å². The van der Waals surface area contributed by atoms with Gasteiger partial charge in [0.05, 0.1) is 34.0 Å². The molecule has 0 rings (SSSR count). The Morgan fingerprint density at radius 3 is 1.89 bits per heavy atom. The lowest BCUT2D eigenvalue weighted by Gasteiger charge is -2.24. The summed E-state index contributed by atoms with van der Waals surface area (Å²) in [7, 11) is 1.57. The molecule has 0 aromatic heterocycles. The summed E-state index contributed by atoms with van der Waals surface area (Å²) in [5.74, 6) is -0.660. The lowest BCUT2D eigenvalue weighted by atomic mass is 10.0. The van der Waals surface area contributed by atoms with Crippen molar-refractivity contribution >= 4 is 13.8 Å². The molecule has 0 saturated carbocycles. The molecule has 0 amide bonds. The first-order chi connectivity index (χ1) is 18.1. The molecule has 0 saturated heterocycles. The molecule has 0 aliphatic heterocycles. The molecular weight excluding hydrogens is 505 g/mol. The number of phosphoric acid groups is 1. The number of carbonyl (C=O) groups excluding carboxylic acids is 1. The number of allylic oxidation sites excluding steroid dienone is 1. The van der Waals surface area contributed by atoms with Gasteiger partial charge in [-0.2, -0.15) is 0 Å². The van der Waals surface area contributed by atoms with Crippen LogP contribution in [-0.4, -0.2) is 69.0 Å². The number of phosphoric ester groups is 1. The maximum absolute atomic E-state index is 12.1. The first-order valence-electron chi connectivity index (χ1n) is 14.6. The van der Waals surface area contributed by atoms with E-state index in [-0.39, 0.29) is 19.8 Å². The van der Waals surface area contributed by atoms with Gasteiger partial charge in [0, 0.05) is 6.08 Å². The summed E-state index contributed by atoms with van der Waals surface area (Å²) in [6.07, 6.45) is 23.3. The molecular formula is C29H57NO7P+. The van der Waals surface area contributed by atoms with Gasteiger partial charge in [-0.25, -0.2) is 9.36 Å². The molecule has 224 valence electrons. The Hall–Kier alpha value is -1.18. The summed E-state index contributed by atoms with van der Waals surface area (Å²) in [5.41, 5.74) is 0. The summed E-state index contributed by atoms with van der Waals surface area (Å²) in [4.78, 5) is 21.5. The zero-order valence-corrected chi connectivity index (χ0v) is 25.6. The standard InChI is InChI=1S/C29H56NO7P/c1-6-8-9-10-11-12-13-14-15-16-17-18-19-20-21-22-24-34-26-28(37-29(31)7-2)27-36-38(32,33)35-25-23-30(3,4)5/h7,22,24,28H,2,6,8-21,23,25-27H2,1,3-5H3/p+1/b24-22-/t28-/m1/s1. The highest BCUT2D eigenvalue weighted by Gasteiger charge is 2.26. The minimum absolute atomic E-state index is 0.00625. The monoisotopic (exact) mass is 562 g/mol. The Kier molecular flexibility index (Phi) is 23.0. The van der Waals surface area contributed by atoms with Gasteiger partial charge in [0.15, 0.2) is 6.10 Å². The number of hydrogen-bond donors (Lipinski definition) is 1. The minimum Gasteiger partial charge on any atom is -0.498 e. The first kappa shape index (κ1) is 36.8. The van der Waals surface area contributed by atoms with E-state index < -0.39 is 19.9 Å². The number of quaternary nitrogens is 1. The summed E-state index contributed by atoms with van der Waals surface area (Å²) >= 11 is 0.